The van der Waals surface area contributed by atoms with Gasteiger partial charge in [0.2, 0.25) is 0 Å². The third-order valence-electron chi connectivity index (χ3n) is 3.72. The van der Waals surface area contributed by atoms with E-state index in [9.17, 15) is 0 Å². The number of hydrogen-bond acceptors (Lipinski definition) is 3. The fraction of sp³-hybridized carbons (Fsp3) is 0. The zero-order valence-corrected chi connectivity index (χ0v) is 11.3. The van der Waals surface area contributed by atoms with Gasteiger partial charge in [-0.3, -0.25) is 9.97 Å². The van der Waals surface area contributed by atoms with E-state index in [1.54, 1.807) is 6.20 Å². The molecule has 3 heteroatoms. The molecule has 0 bridgehead atoms. The molecule has 0 amide bonds. The van der Waals surface area contributed by atoms with Crippen molar-refractivity contribution in [3.05, 3.63) is 67.0 Å². The Morgan fingerprint density at radius 3 is 2.33 bits per heavy atom. The second-order valence-corrected chi connectivity index (χ2v) is 4.99. The van der Waals surface area contributed by atoms with Crippen molar-refractivity contribution in [2.75, 3.05) is 5.73 Å². The fourth-order valence-corrected chi connectivity index (χ4v) is 2.74. The van der Waals surface area contributed by atoms with Crippen molar-refractivity contribution < 1.29 is 0 Å². The van der Waals surface area contributed by atoms with Crippen LogP contribution in [0.2, 0.25) is 0 Å². The second-order valence-electron chi connectivity index (χ2n) is 4.99. The predicted octanol–water partition coefficient (Wildman–Crippen LogP) is 4.03. The summed E-state index contributed by atoms with van der Waals surface area (Å²) in [6.07, 6.45) is 3.60. The molecule has 21 heavy (non-hydrogen) atoms. The molecule has 100 valence electrons. The molecule has 0 aliphatic rings. The number of nitrogens with zero attached hydrogens (tertiary/aromatic N) is 2. The molecule has 0 atom stereocenters. The standard InChI is InChI=1S/C18H13N3/c19-16-11-15-13(12-5-2-1-3-6-12)8-10-21-18(15)17-14(16)7-4-9-20-17/h1-11H,19H2. The van der Waals surface area contributed by atoms with Gasteiger partial charge in [-0.1, -0.05) is 30.3 Å². The molecule has 0 aliphatic carbocycles. The molecule has 3 nitrogen and oxygen atoms in total. The minimum absolute atomic E-state index is 0.732. The molecule has 2 heterocycles. The van der Waals surface area contributed by atoms with Gasteiger partial charge < -0.3 is 5.73 Å². The average molecular weight is 271 g/mol. The minimum Gasteiger partial charge on any atom is -0.398 e. The topological polar surface area (TPSA) is 51.8 Å². The maximum absolute atomic E-state index is 6.20. The van der Waals surface area contributed by atoms with Crippen LogP contribution in [0.5, 0.6) is 0 Å². The summed E-state index contributed by atoms with van der Waals surface area (Å²) in [6.45, 7) is 0. The van der Waals surface area contributed by atoms with Crippen LogP contribution in [0.15, 0.2) is 67.0 Å². The summed E-state index contributed by atoms with van der Waals surface area (Å²) >= 11 is 0. The van der Waals surface area contributed by atoms with Crippen LogP contribution in [-0.2, 0) is 0 Å². The van der Waals surface area contributed by atoms with Gasteiger partial charge in [-0.25, -0.2) is 0 Å². The highest BCUT2D eigenvalue weighted by molar-refractivity contribution is 6.12. The molecule has 0 saturated carbocycles. The van der Waals surface area contributed by atoms with Crippen LogP contribution in [0.4, 0.5) is 5.69 Å². The molecular weight excluding hydrogens is 258 g/mol. The number of benzene rings is 2. The zero-order chi connectivity index (χ0) is 14.2. The van der Waals surface area contributed by atoms with Crippen LogP contribution in [-0.4, -0.2) is 9.97 Å². The highest BCUT2D eigenvalue weighted by Crippen LogP contribution is 2.33. The Balaban J connectivity index is 2.16. The summed E-state index contributed by atoms with van der Waals surface area (Å²) < 4.78 is 0. The summed E-state index contributed by atoms with van der Waals surface area (Å²) in [6, 6.07) is 18.1. The number of nitrogens with two attached hydrogens (primary N) is 1. The molecule has 2 N–H and O–H groups in total. The van der Waals surface area contributed by atoms with Gasteiger partial charge in [-0.2, -0.15) is 0 Å². The van der Waals surface area contributed by atoms with Gasteiger partial charge >= 0.3 is 0 Å². The molecule has 0 unspecified atom stereocenters. The van der Waals surface area contributed by atoms with Crippen LogP contribution in [0.1, 0.15) is 0 Å². The fourth-order valence-electron chi connectivity index (χ4n) is 2.74. The zero-order valence-electron chi connectivity index (χ0n) is 11.3. The number of nitrogen functional groups attached to an aromatic ring is 1. The summed E-state index contributed by atoms with van der Waals surface area (Å²) in [5.41, 5.74) is 11.0. The normalized spacial score (nSPS) is 11.0. The molecule has 2 aromatic heterocycles. The second kappa shape index (κ2) is 4.56. The monoisotopic (exact) mass is 271 g/mol. The molecule has 0 fully saturated rings. The quantitative estimate of drug-likeness (QED) is 0.420. The van der Waals surface area contributed by atoms with Crippen LogP contribution in [0, 0.1) is 0 Å². The predicted molar refractivity (Wildman–Crippen MR) is 86.9 cm³/mol. The molecule has 0 aliphatic heterocycles. The van der Waals surface area contributed by atoms with Crippen LogP contribution >= 0.6 is 0 Å². The van der Waals surface area contributed by atoms with E-state index >= 15 is 0 Å². The van der Waals surface area contributed by atoms with Crippen LogP contribution < -0.4 is 5.73 Å². The van der Waals surface area contributed by atoms with Crippen molar-refractivity contribution in [2.24, 2.45) is 0 Å². The summed E-state index contributed by atoms with van der Waals surface area (Å²) in [5.74, 6) is 0. The molecule has 0 saturated heterocycles. The first-order valence-electron chi connectivity index (χ1n) is 6.82. The van der Waals surface area contributed by atoms with E-state index in [2.05, 4.69) is 22.1 Å². The van der Waals surface area contributed by atoms with Crippen molar-refractivity contribution in [2.45, 2.75) is 0 Å². The van der Waals surface area contributed by atoms with E-state index in [0.29, 0.717) is 0 Å². The van der Waals surface area contributed by atoms with E-state index in [1.807, 2.05) is 48.7 Å². The Morgan fingerprint density at radius 2 is 1.48 bits per heavy atom. The van der Waals surface area contributed by atoms with Crippen molar-refractivity contribution in [3.63, 3.8) is 0 Å². The first-order chi connectivity index (χ1) is 10.3. The highest BCUT2D eigenvalue weighted by atomic mass is 14.7. The molecule has 0 spiro atoms. The van der Waals surface area contributed by atoms with E-state index in [0.717, 1.165) is 38.6 Å². The number of fused-ring (bicyclic) bond motifs is 3. The van der Waals surface area contributed by atoms with Crippen molar-refractivity contribution in [1.82, 2.24) is 9.97 Å². The Bertz CT molecular complexity index is 946. The maximum atomic E-state index is 6.20. The van der Waals surface area contributed by atoms with Gasteiger partial charge in [0.15, 0.2) is 0 Å². The molecular formula is C18H13N3. The van der Waals surface area contributed by atoms with E-state index < -0.39 is 0 Å². The summed E-state index contributed by atoms with van der Waals surface area (Å²) in [7, 11) is 0. The Morgan fingerprint density at radius 1 is 0.714 bits per heavy atom. The molecule has 4 rings (SSSR count). The lowest BCUT2D eigenvalue weighted by molar-refractivity contribution is 1.37. The SMILES string of the molecule is Nc1cc2c(-c3ccccc3)ccnc2c2ncccc12. The Hall–Kier alpha value is -2.94. The lowest BCUT2D eigenvalue weighted by atomic mass is 9.99. The van der Waals surface area contributed by atoms with Crippen LogP contribution in [0.3, 0.4) is 0 Å². The highest BCUT2D eigenvalue weighted by Gasteiger charge is 2.10. The first kappa shape index (κ1) is 11.9. The first-order valence-corrected chi connectivity index (χ1v) is 6.82. The van der Waals surface area contributed by atoms with E-state index in [4.69, 9.17) is 5.73 Å². The number of hydrogen-bond donors (Lipinski definition) is 1. The largest absolute Gasteiger partial charge is 0.398 e. The third-order valence-corrected chi connectivity index (χ3v) is 3.72. The van der Waals surface area contributed by atoms with Crippen molar-refractivity contribution in [3.8, 4) is 11.1 Å². The van der Waals surface area contributed by atoms with Gasteiger partial charge in [-0.15, -0.1) is 0 Å². The number of pyridine rings is 2. The average Bonchev–Trinajstić information content (AvgIpc) is 2.56. The van der Waals surface area contributed by atoms with Crippen LogP contribution in [0.25, 0.3) is 32.9 Å². The Kier molecular flexibility index (Phi) is 2.57. The van der Waals surface area contributed by atoms with Gasteiger partial charge in [-0.05, 0) is 35.4 Å². The third kappa shape index (κ3) is 1.82. The lowest BCUT2D eigenvalue weighted by Crippen LogP contribution is -1.93. The number of rotatable bonds is 1. The van der Waals surface area contributed by atoms with Gasteiger partial charge in [0.25, 0.3) is 0 Å². The number of anilines is 1. The summed E-state index contributed by atoms with van der Waals surface area (Å²) in [5, 5.41) is 1.98. The lowest BCUT2D eigenvalue weighted by Gasteiger charge is -2.10. The van der Waals surface area contributed by atoms with E-state index in [-0.39, 0.29) is 0 Å². The minimum atomic E-state index is 0.732. The molecule has 4 aromatic rings. The molecule has 2 aromatic carbocycles. The van der Waals surface area contributed by atoms with Gasteiger partial charge in [0.05, 0.1) is 11.0 Å². The van der Waals surface area contributed by atoms with Crippen molar-refractivity contribution in [1.29, 1.82) is 0 Å². The number of aromatic nitrogens is 2. The van der Waals surface area contributed by atoms with Gasteiger partial charge in [0.1, 0.15) is 0 Å². The van der Waals surface area contributed by atoms with E-state index in [1.165, 1.54) is 0 Å². The maximum Gasteiger partial charge on any atom is 0.0985 e. The molecule has 0 radical (unpaired) electrons. The van der Waals surface area contributed by atoms with Gasteiger partial charge in [0, 0.05) is 28.9 Å². The smallest absolute Gasteiger partial charge is 0.0985 e. The van der Waals surface area contributed by atoms with Crippen molar-refractivity contribution >= 4 is 27.5 Å². The Labute approximate surface area is 122 Å². The summed E-state index contributed by atoms with van der Waals surface area (Å²) in [4.78, 5) is 8.98.